The first-order valence-electron chi connectivity index (χ1n) is 5.85. The number of anilines is 1. The van der Waals surface area contributed by atoms with Gasteiger partial charge in [-0.2, -0.15) is 8.42 Å². The van der Waals surface area contributed by atoms with E-state index in [1.54, 1.807) is 0 Å². The van der Waals surface area contributed by atoms with Crippen molar-refractivity contribution in [3.05, 3.63) is 54.1 Å². The molecule has 2 aromatic carbocycles. The summed E-state index contributed by atoms with van der Waals surface area (Å²) >= 11 is 0. The Hall–Kier alpha value is -2.18. The average molecular weight is 290 g/mol. The lowest BCUT2D eigenvalue weighted by atomic mass is 10.1. The lowest BCUT2D eigenvalue weighted by Crippen LogP contribution is -2.00. The number of nitrogen functional groups attached to an aromatic ring is 1. The Kier molecular flexibility index (Phi) is 3.87. The number of hydrogen-bond acceptors (Lipinski definition) is 4. The van der Waals surface area contributed by atoms with Gasteiger partial charge in [-0.25, -0.2) is 0 Å². The molecule has 0 radical (unpaired) electrons. The number of hydrogen-bond donors (Lipinski definition) is 2. The molecule has 6 heteroatoms. The summed E-state index contributed by atoms with van der Waals surface area (Å²) in [5, 5.41) is 0. The Morgan fingerprint density at radius 1 is 1.15 bits per heavy atom. The molecule has 0 spiro atoms. The highest BCUT2D eigenvalue weighted by Crippen LogP contribution is 2.26. The molecule has 0 unspecified atom stereocenters. The quantitative estimate of drug-likeness (QED) is 0.516. The number of aliphatic imine (C=N–C) groups is 1. The molecule has 5 nitrogen and oxygen atoms in total. The predicted octanol–water partition coefficient (Wildman–Crippen LogP) is 2.66. The Morgan fingerprint density at radius 2 is 1.80 bits per heavy atom. The molecule has 3 N–H and O–H groups in total. The summed E-state index contributed by atoms with van der Waals surface area (Å²) in [5.41, 5.74) is 8.12. The third-order valence-electron chi connectivity index (χ3n) is 2.78. The van der Waals surface area contributed by atoms with E-state index in [1.807, 2.05) is 37.3 Å². The third-order valence-corrected chi connectivity index (χ3v) is 3.63. The Balaban J connectivity index is 2.40. The Labute approximate surface area is 117 Å². The second-order valence-electron chi connectivity index (χ2n) is 4.26. The highest BCUT2D eigenvalue weighted by molar-refractivity contribution is 7.85. The fraction of sp³-hybridized carbons (Fsp3) is 0.0714. The van der Waals surface area contributed by atoms with Crippen LogP contribution in [0.1, 0.15) is 12.5 Å². The summed E-state index contributed by atoms with van der Waals surface area (Å²) < 4.78 is 31.0. The van der Waals surface area contributed by atoms with Crippen LogP contribution in [0.3, 0.4) is 0 Å². The standard InChI is InChI=1S/C14H14N2O3S/c1-10(11-5-3-2-4-6-11)16-14-8-7-12(9-13(14)15)20(17,18)19/h2-9H,15H2,1H3,(H,17,18,19). The van der Waals surface area contributed by atoms with Gasteiger partial charge in [-0.1, -0.05) is 30.3 Å². The number of rotatable bonds is 3. The molecule has 0 aliphatic heterocycles. The minimum atomic E-state index is -4.25. The van der Waals surface area contributed by atoms with Gasteiger partial charge in [0.2, 0.25) is 0 Å². The van der Waals surface area contributed by atoms with Crippen molar-refractivity contribution in [3.8, 4) is 0 Å². The molecule has 0 saturated heterocycles. The van der Waals surface area contributed by atoms with Crippen LogP contribution in [-0.2, 0) is 10.1 Å². The van der Waals surface area contributed by atoms with Crippen LogP contribution in [0, 0.1) is 0 Å². The van der Waals surface area contributed by atoms with Gasteiger partial charge < -0.3 is 5.73 Å². The number of benzene rings is 2. The van der Waals surface area contributed by atoms with Crippen LogP contribution in [0.5, 0.6) is 0 Å². The van der Waals surface area contributed by atoms with Crippen molar-refractivity contribution in [1.82, 2.24) is 0 Å². The first-order valence-corrected chi connectivity index (χ1v) is 7.29. The molecule has 0 atom stereocenters. The zero-order chi connectivity index (χ0) is 14.8. The normalized spacial score (nSPS) is 12.4. The first-order chi connectivity index (χ1) is 9.38. The molecule has 0 amide bonds. The van der Waals surface area contributed by atoms with E-state index in [-0.39, 0.29) is 10.6 Å². The summed E-state index contributed by atoms with van der Waals surface area (Å²) in [6.45, 7) is 1.84. The molecule has 0 aliphatic carbocycles. The van der Waals surface area contributed by atoms with E-state index in [0.29, 0.717) is 5.69 Å². The molecule has 20 heavy (non-hydrogen) atoms. The molecule has 0 aliphatic rings. The fourth-order valence-corrected chi connectivity index (χ4v) is 2.24. The third kappa shape index (κ3) is 3.23. The Morgan fingerprint density at radius 3 is 2.35 bits per heavy atom. The second kappa shape index (κ2) is 5.44. The SMILES string of the molecule is CC(=Nc1ccc(S(=O)(=O)O)cc1N)c1ccccc1. The predicted molar refractivity (Wildman–Crippen MR) is 79.0 cm³/mol. The molecule has 0 aromatic heterocycles. The smallest absolute Gasteiger partial charge is 0.294 e. The molecular formula is C14H14N2O3S. The number of nitrogens with zero attached hydrogens (tertiary/aromatic N) is 1. The van der Waals surface area contributed by atoms with E-state index in [9.17, 15) is 8.42 Å². The highest BCUT2D eigenvalue weighted by atomic mass is 32.2. The molecule has 0 heterocycles. The lowest BCUT2D eigenvalue weighted by Gasteiger charge is -2.05. The largest absolute Gasteiger partial charge is 0.397 e. The van der Waals surface area contributed by atoms with Crippen LogP contribution in [0.15, 0.2) is 58.4 Å². The van der Waals surface area contributed by atoms with E-state index < -0.39 is 10.1 Å². The van der Waals surface area contributed by atoms with Crippen molar-refractivity contribution in [2.24, 2.45) is 4.99 Å². The molecule has 0 saturated carbocycles. The van der Waals surface area contributed by atoms with Gasteiger partial charge in [0.15, 0.2) is 0 Å². The molecule has 2 rings (SSSR count). The fourth-order valence-electron chi connectivity index (χ4n) is 1.72. The molecule has 0 bridgehead atoms. The van der Waals surface area contributed by atoms with E-state index >= 15 is 0 Å². The van der Waals surface area contributed by atoms with Crippen molar-refractivity contribution < 1.29 is 13.0 Å². The molecule has 2 aromatic rings. The first kappa shape index (κ1) is 14.2. The maximum Gasteiger partial charge on any atom is 0.294 e. The van der Waals surface area contributed by atoms with Gasteiger partial charge in [-0.15, -0.1) is 0 Å². The van der Waals surface area contributed by atoms with Crippen LogP contribution in [0.4, 0.5) is 11.4 Å². The van der Waals surface area contributed by atoms with Crippen LogP contribution in [0.2, 0.25) is 0 Å². The summed E-state index contributed by atoms with van der Waals surface area (Å²) in [5.74, 6) is 0. The zero-order valence-electron chi connectivity index (χ0n) is 10.8. The molecule has 0 fully saturated rings. The van der Waals surface area contributed by atoms with Gasteiger partial charge in [-0.3, -0.25) is 9.55 Å². The van der Waals surface area contributed by atoms with Crippen molar-refractivity contribution in [2.75, 3.05) is 5.73 Å². The summed E-state index contributed by atoms with van der Waals surface area (Å²) in [7, 11) is -4.25. The summed E-state index contributed by atoms with van der Waals surface area (Å²) in [4.78, 5) is 4.12. The lowest BCUT2D eigenvalue weighted by molar-refractivity contribution is 0.483. The van der Waals surface area contributed by atoms with Crippen molar-refractivity contribution in [1.29, 1.82) is 0 Å². The van der Waals surface area contributed by atoms with Gasteiger partial charge >= 0.3 is 0 Å². The Bertz CT molecular complexity index is 753. The minimum absolute atomic E-state index is 0.190. The zero-order valence-corrected chi connectivity index (χ0v) is 11.6. The number of nitrogens with two attached hydrogens (primary N) is 1. The summed E-state index contributed by atoms with van der Waals surface area (Å²) in [6.07, 6.45) is 0. The van der Waals surface area contributed by atoms with Crippen LogP contribution in [0.25, 0.3) is 0 Å². The maximum atomic E-state index is 11.0. The van der Waals surface area contributed by atoms with E-state index in [1.165, 1.54) is 18.2 Å². The highest BCUT2D eigenvalue weighted by Gasteiger charge is 2.11. The topological polar surface area (TPSA) is 92.8 Å². The van der Waals surface area contributed by atoms with Crippen molar-refractivity contribution >= 4 is 27.2 Å². The molecule has 104 valence electrons. The van der Waals surface area contributed by atoms with E-state index in [0.717, 1.165) is 11.3 Å². The van der Waals surface area contributed by atoms with Gasteiger partial charge in [0, 0.05) is 5.71 Å². The monoisotopic (exact) mass is 290 g/mol. The van der Waals surface area contributed by atoms with Gasteiger partial charge in [0.25, 0.3) is 10.1 Å². The van der Waals surface area contributed by atoms with Crippen molar-refractivity contribution in [3.63, 3.8) is 0 Å². The van der Waals surface area contributed by atoms with Crippen LogP contribution >= 0.6 is 0 Å². The van der Waals surface area contributed by atoms with E-state index in [2.05, 4.69) is 4.99 Å². The second-order valence-corrected chi connectivity index (χ2v) is 5.68. The molecular weight excluding hydrogens is 276 g/mol. The van der Waals surface area contributed by atoms with Crippen LogP contribution < -0.4 is 5.73 Å². The van der Waals surface area contributed by atoms with Crippen molar-refractivity contribution in [2.45, 2.75) is 11.8 Å². The van der Waals surface area contributed by atoms with Gasteiger partial charge in [0.05, 0.1) is 16.3 Å². The average Bonchev–Trinajstić information content (AvgIpc) is 2.41. The minimum Gasteiger partial charge on any atom is -0.397 e. The van der Waals surface area contributed by atoms with Gasteiger partial charge in [-0.05, 0) is 30.7 Å². The van der Waals surface area contributed by atoms with Gasteiger partial charge in [0.1, 0.15) is 0 Å². The van der Waals surface area contributed by atoms with E-state index in [4.69, 9.17) is 10.3 Å². The summed E-state index contributed by atoms with van der Waals surface area (Å²) in [6, 6.07) is 13.5. The van der Waals surface area contributed by atoms with Crippen LogP contribution in [-0.4, -0.2) is 18.7 Å². The maximum absolute atomic E-state index is 11.0.